The van der Waals surface area contributed by atoms with Crippen molar-refractivity contribution < 1.29 is 19.1 Å². The van der Waals surface area contributed by atoms with Gasteiger partial charge in [0.2, 0.25) is 12.7 Å². The van der Waals surface area contributed by atoms with Gasteiger partial charge in [-0.3, -0.25) is 9.59 Å². The second kappa shape index (κ2) is 6.60. The second-order valence-corrected chi connectivity index (χ2v) is 6.94. The molecule has 2 aromatic carbocycles. The van der Waals surface area contributed by atoms with Gasteiger partial charge in [-0.1, -0.05) is 18.2 Å². The summed E-state index contributed by atoms with van der Waals surface area (Å²) >= 11 is 0. The summed E-state index contributed by atoms with van der Waals surface area (Å²) in [5.74, 6) is 0.763. The van der Waals surface area contributed by atoms with E-state index >= 15 is 0 Å². The summed E-state index contributed by atoms with van der Waals surface area (Å²) in [5, 5.41) is 3.86. The molecule has 1 aromatic heterocycles. The largest absolute Gasteiger partial charge is 0.454 e. The Labute approximate surface area is 161 Å². The summed E-state index contributed by atoms with van der Waals surface area (Å²) in [6, 6.07) is 13.1. The number of benzene rings is 2. The quantitative estimate of drug-likeness (QED) is 0.733. The number of aromatic amines is 1. The van der Waals surface area contributed by atoms with Crippen molar-refractivity contribution in [2.75, 3.05) is 19.9 Å². The third-order valence-electron chi connectivity index (χ3n) is 5.27. The van der Waals surface area contributed by atoms with Crippen LogP contribution in [0.5, 0.6) is 11.5 Å². The Kier molecular flexibility index (Phi) is 3.93. The fraction of sp³-hybridized carbons (Fsp3) is 0.238. The number of rotatable bonds is 3. The fourth-order valence-corrected chi connectivity index (χ4v) is 3.79. The Balaban J connectivity index is 1.24. The van der Waals surface area contributed by atoms with Crippen LogP contribution in [0.2, 0.25) is 0 Å². The zero-order valence-corrected chi connectivity index (χ0v) is 15.2. The molecule has 7 heteroatoms. The monoisotopic (exact) mass is 377 g/mol. The average molecular weight is 377 g/mol. The highest BCUT2D eigenvalue weighted by Gasteiger charge is 2.24. The summed E-state index contributed by atoms with van der Waals surface area (Å²) in [5.41, 5.74) is 3.89. The van der Waals surface area contributed by atoms with Crippen molar-refractivity contribution >= 4 is 22.7 Å². The van der Waals surface area contributed by atoms with Crippen LogP contribution in [0.15, 0.2) is 42.5 Å². The maximum Gasteiger partial charge on any atom is 0.251 e. The number of carbonyl (C=O) groups is 2. The summed E-state index contributed by atoms with van der Waals surface area (Å²) in [7, 11) is 0. The highest BCUT2D eigenvalue weighted by Crippen LogP contribution is 2.32. The lowest BCUT2D eigenvalue weighted by Crippen LogP contribution is -2.42. The van der Waals surface area contributed by atoms with Gasteiger partial charge in [-0.25, -0.2) is 0 Å². The molecule has 0 fully saturated rings. The number of H-pyrrole nitrogens is 1. The van der Waals surface area contributed by atoms with Crippen LogP contribution in [0, 0.1) is 0 Å². The molecule has 0 saturated heterocycles. The van der Waals surface area contributed by atoms with Gasteiger partial charge < -0.3 is 24.7 Å². The molecule has 0 atom stereocenters. The van der Waals surface area contributed by atoms with E-state index in [2.05, 4.69) is 16.4 Å². The van der Waals surface area contributed by atoms with Crippen LogP contribution in [0.4, 0.5) is 0 Å². The number of fused-ring (bicyclic) bond motifs is 4. The normalized spacial score (nSPS) is 14.8. The fourth-order valence-electron chi connectivity index (χ4n) is 3.79. The van der Waals surface area contributed by atoms with Crippen molar-refractivity contribution in [3.05, 3.63) is 59.3 Å². The van der Waals surface area contributed by atoms with Gasteiger partial charge in [-0.15, -0.1) is 0 Å². The summed E-state index contributed by atoms with van der Waals surface area (Å²) in [6.07, 6.45) is 0.784. The standard InChI is InChI=1S/C21H19N3O4/c25-20(10-22-21(26)13-5-6-18-19(9-13)28-12-27-18)24-8-7-17-15(11-24)14-3-1-2-4-16(14)23-17/h1-6,9,23H,7-8,10-12H2,(H,22,26). The first-order chi connectivity index (χ1) is 13.7. The minimum atomic E-state index is -0.309. The molecule has 0 spiro atoms. The second-order valence-electron chi connectivity index (χ2n) is 6.94. The number of para-hydroxylation sites is 1. The minimum absolute atomic E-state index is 0.0367. The number of nitrogens with one attached hydrogen (secondary N) is 2. The van der Waals surface area contributed by atoms with E-state index in [1.54, 1.807) is 23.1 Å². The molecule has 3 aromatic rings. The number of hydrogen-bond acceptors (Lipinski definition) is 4. The Hall–Kier alpha value is -3.48. The lowest BCUT2D eigenvalue weighted by atomic mass is 10.0. The molecule has 7 nitrogen and oxygen atoms in total. The predicted octanol–water partition coefficient (Wildman–Crippen LogP) is 2.21. The molecule has 2 aliphatic heterocycles. The molecule has 0 aliphatic carbocycles. The van der Waals surface area contributed by atoms with Crippen LogP contribution >= 0.6 is 0 Å². The van der Waals surface area contributed by atoms with Crippen LogP contribution in [0.1, 0.15) is 21.6 Å². The highest BCUT2D eigenvalue weighted by molar-refractivity contribution is 5.97. The molecule has 0 radical (unpaired) electrons. The zero-order valence-electron chi connectivity index (χ0n) is 15.2. The molecule has 28 heavy (non-hydrogen) atoms. The van der Waals surface area contributed by atoms with Crippen molar-refractivity contribution in [3.8, 4) is 11.5 Å². The summed E-state index contributed by atoms with van der Waals surface area (Å²) in [6.45, 7) is 1.31. The Morgan fingerprint density at radius 1 is 1.11 bits per heavy atom. The van der Waals surface area contributed by atoms with E-state index in [0.717, 1.165) is 22.9 Å². The van der Waals surface area contributed by atoms with Crippen molar-refractivity contribution in [3.63, 3.8) is 0 Å². The van der Waals surface area contributed by atoms with Crippen molar-refractivity contribution in [1.82, 2.24) is 15.2 Å². The molecule has 0 unspecified atom stereocenters. The summed E-state index contributed by atoms with van der Waals surface area (Å²) < 4.78 is 10.5. The molecule has 3 heterocycles. The van der Waals surface area contributed by atoms with Crippen molar-refractivity contribution in [2.24, 2.45) is 0 Å². The number of hydrogen-bond donors (Lipinski definition) is 2. The predicted molar refractivity (Wildman–Crippen MR) is 102 cm³/mol. The Morgan fingerprint density at radius 2 is 1.96 bits per heavy atom. The highest BCUT2D eigenvalue weighted by atomic mass is 16.7. The number of aromatic nitrogens is 1. The molecule has 0 saturated carbocycles. The van der Waals surface area contributed by atoms with E-state index in [1.165, 1.54) is 5.69 Å². The maximum atomic E-state index is 12.6. The SMILES string of the molecule is O=C(NCC(=O)N1CCc2[nH]c3ccccc3c2C1)c1ccc2c(c1)OCO2. The zero-order chi connectivity index (χ0) is 19.1. The van der Waals surface area contributed by atoms with E-state index < -0.39 is 0 Å². The molecule has 2 N–H and O–H groups in total. The van der Waals surface area contributed by atoms with Crippen molar-refractivity contribution in [2.45, 2.75) is 13.0 Å². The first-order valence-corrected chi connectivity index (χ1v) is 9.23. The number of nitrogens with zero attached hydrogens (tertiary/aromatic N) is 1. The smallest absolute Gasteiger partial charge is 0.251 e. The van der Waals surface area contributed by atoms with Crippen molar-refractivity contribution in [1.29, 1.82) is 0 Å². The molecule has 0 bridgehead atoms. The number of amides is 2. The van der Waals surface area contributed by atoms with E-state index in [1.807, 2.05) is 18.2 Å². The van der Waals surface area contributed by atoms with Gasteiger partial charge in [0.25, 0.3) is 5.91 Å². The van der Waals surface area contributed by atoms with Gasteiger partial charge in [0.1, 0.15) is 0 Å². The number of ether oxygens (including phenoxy) is 2. The van der Waals surface area contributed by atoms with Gasteiger partial charge in [0.05, 0.1) is 6.54 Å². The van der Waals surface area contributed by atoms with Crippen LogP contribution in [-0.2, 0) is 17.8 Å². The average Bonchev–Trinajstić information content (AvgIpc) is 3.34. The van der Waals surface area contributed by atoms with Gasteiger partial charge in [-0.2, -0.15) is 0 Å². The first-order valence-electron chi connectivity index (χ1n) is 9.23. The lowest BCUT2D eigenvalue weighted by Gasteiger charge is -2.27. The Morgan fingerprint density at radius 3 is 2.89 bits per heavy atom. The van der Waals surface area contributed by atoms with Crippen LogP contribution in [-0.4, -0.2) is 41.6 Å². The minimum Gasteiger partial charge on any atom is -0.454 e. The molecular formula is C21H19N3O4. The van der Waals surface area contributed by atoms with E-state index in [0.29, 0.717) is 30.2 Å². The molecule has 5 rings (SSSR count). The van der Waals surface area contributed by atoms with Crippen LogP contribution in [0.3, 0.4) is 0 Å². The van der Waals surface area contributed by atoms with Crippen LogP contribution in [0.25, 0.3) is 10.9 Å². The molecule has 2 aliphatic rings. The maximum absolute atomic E-state index is 12.6. The third-order valence-corrected chi connectivity index (χ3v) is 5.27. The Bertz CT molecular complexity index is 1090. The first kappa shape index (κ1) is 16.7. The van der Waals surface area contributed by atoms with E-state index in [4.69, 9.17) is 9.47 Å². The molecular weight excluding hydrogens is 358 g/mol. The topological polar surface area (TPSA) is 83.7 Å². The van der Waals surface area contributed by atoms with Gasteiger partial charge in [0.15, 0.2) is 11.5 Å². The molecule has 142 valence electrons. The van der Waals surface area contributed by atoms with E-state index in [9.17, 15) is 9.59 Å². The lowest BCUT2D eigenvalue weighted by molar-refractivity contribution is -0.131. The van der Waals surface area contributed by atoms with Gasteiger partial charge >= 0.3 is 0 Å². The third kappa shape index (κ3) is 2.85. The van der Waals surface area contributed by atoms with Gasteiger partial charge in [0, 0.05) is 47.2 Å². The molecule has 2 amide bonds. The van der Waals surface area contributed by atoms with Gasteiger partial charge in [-0.05, 0) is 24.3 Å². The summed E-state index contributed by atoms with van der Waals surface area (Å²) in [4.78, 5) is 30.3. The van der Waals surface area contributed by atoms with E-state index in [-0.39, 0.29) is 25.2 Å². The van der Waals surface area contributed by atoms with Crippen LogP contribution < -0.4 is 14.8 Å². The number of carbonyl (C=O) groups excluding carboxylic acids is 2.